The summed E-state index contributed by atoms with van der Waals surface area (Å²) in [7, 11) is 1.44. The number of rotatable bonds is 8. The SMILES string of the molecule is COc1ccccc1NC(=O)Nc1nc(Oc2ccc3ccccc3c2)nc(C(C(=O)O)C(=O)O)n1. The third-order valence-corrected chi connectivity index (χ3v) is 4.89. The largest absolute Gasteiger partial charge is 0.495 e. The molecule has 1 aromatic heterocycles. The Morgan fingerprint density at radius 1 is 0.833 bits per heavy atom. The van der Waals surface area contributed by atoms with Crippen LogP contribution in [0.1, 0.15) is 11.7 Å². The Hall–Kier alpha value is -5.26. The van der Waals surface area contributed by atoms with Crippen molar-refractivity contribution in [2.45, 2.75) is 5.92 Å². The summed E-state index contributed by atoms with van der Waals surface area (Å²) in [5.41, 5.74) is 0.341. The molecule has 36 heavy (non-hydrogen) atoms. The molecule has 12 nitrogen and oxygen atoms in total. The third kappa shape index (κ3) is 5.44. The molecule has 0 bridgehead atoms. The number of amides is 2. The summed E-state index contributed by atoms with van der Waals surface area (Å²) < 4.78 is 10.9. The van der Waals surface area contributed by atoms with Crippen molar-refractivity contribution in [2.24, 2.45) is 0 Å². The van der Waals surface area contributed by atoms with E-state index in [1.807, 2.05) is 24.3 Å². The smallest absolute Gasteiger partial charge is 0.327 e. The molecule has 12 heteroatoms. The Kier molecular flexibility index (Phi) is 6.86. The van der Waals surface area contributed by atoms with Gasteiger partial charge in [-0.3, -0.25) is 14.9 Å². The Morgan fingerprint density at radius 3 is 2.25 bits per heavy atom. The standard InChI is InChI=1S/C24H19N5O7/c1-35-17-9-5-4-8-16(17)25-23(34)28-22-26-19(18(20(30)31)21(32)33)27-24(29-22)36-15-11-10-13-6-2-3-7-14(13)12-15/h2-12,18H,1H3,(H,30,31)(H,32,33)(H2,25,26,27,28,29,34). The summed E-state index contributed by atoms with van der Waals surface area (Å²) in [5, 5.41) is 25.5. The molecule has 0 spiro atoms. The van der Waals surface area contributed by atoms with E-state index in [-0.39, 0.29) is 0 Å². The summed E-state index contributed by atoms with van der Waals surface area (Å²) >= 11 is 0. The van der Waals surface area contributed by atoms with Crippen LogP contribution >= 0.6 is 0 Å². The maximum absolute atomic E-state index is 12.6. The van der Waals surface area contributed by atoms with Crippen molar-refractivity contribution in [3.8, 4) is 17.5 Å². The van der Waals surface area contributed by atoms with Gasteiger partial charge in [0.15, 0.2) is 5.82 Å². The van der Waals surface area contributed by atoms with E-state index >= 15 is 0 Å². The van der Waals surface area contributed by atoms with Gasteiger partial charge in [-0.1, -0.05) is 42.5 Å². The fourth-order valence-electron chi connectivity index (χ4n) is 3.27. The van der Waals surface area contributed by atoms with E-state index in [0.717, 1.165) is 10.8 Å². The number of anilines is 2. The van der Waals surface area contributed by atoms with E-state index in [9.17, 15) is 24.6 Å². The summed E-state index contributed by atoms with van der Waals surface area (Å²) in [4.78, 5) is 47.4. The fraction of sp³-hybridized carbons (Fsp3) is 0.0833. The molecule has 182 valence electrons. The van der Waals surface area contributed by atoms with Crippen LogP contribution in [0, 0.1) is 0 Å². The summed E-state index contributed by atoms with van der Waals surface area (Å²) in [6, 6.07) is 18.1. The highest BCUT2D eigenvalue weighted by atomic mass is 16.5. The molecule has 0 atom stereocenters. The summed E-state index contributed by atoms with van der Waals surface area (Å²) in [6.45, 7) is 0. The summed E-state index contributed by atoms with van der Waals surface area (Å²) in [5.74, 6) is -5.88. The molecule has 0 fully saturated rings. The number of carbonyl (C=O) groups is 3. The number of nitrogens with zero attached hydrogens (tertiary/aromatic N) is 3. The second kappa shape index (κ2) is 10.3. The van der Waals surface area contributed by atoms with Gasteiger partial charge in [-0.2, -0.15) is 15.0 Å². The topological polar surface area (TPSA) is 173 Å². The minimum absolute atomic E-state index is 0.303. The number of carboxylic acid groups (broad SMARTS) is 2. The highest BCUT2D eigenvalue weighted by Gasteiger charge is 2.32. The molecule has 0 saturated heterocycles. The zero-order chi connectivity index (χ0) is 25.7. The van der Waals surface area contributed by atoms with Crippen LogP contribution in [0.15, 0.2) is 66.7 Å². The van der Waals surface area contributed by atoms with E-state index in [4.69, 9.17) is 9.47 Å². The Morgan fingerprint density at radius 2 is 1.53 bits per heavy atom. The van der Waals surface area contributed by atoms with Crippen LogP contribution in [0.3, 0.4) is 0 Å². The van der Waals surface area contributed by atoms with E-state index < -0.39 is 41.7 Å². The van der Waals surface area contributed by atoms with Crippen molar-refractivity contribution in [2.75, 3.05) is 17.7 Å². The van der Waals surface area contributed by atoms with E-state index in [2.05, 4.69) is 25.6 Å². The number of hydrogen-bond acceptors (Lipinski definition) is 8. The van der Waals surface area contributed by atoms with Gasteiger partial charge in [0.2, 0.25) is 11.9 Å². The number of aromatic nitrogens is 3. The minimum Gasteiger partial charge on any atom is -0.495 e. The quantitative estimate of drug-likeness (QED) is 0.267. The number of urea groups is 1. The van der Waals surface area contributed by atoms with Gasteiger partial charge in [0, 0.05) is 0 Å². The molecule has 0 aliphatic heterocycles. The molecule has 0 unspecified atom stereocenters. The lowest BCUT2D eigenvalue weighted by Crippen LogP contribution is -2.26. The predicted molar refractivity (Wildman–Crippen MR) is 127 cm³/mol. The van der Waals surface area contributed by atoms with Crippen LogP contribution in [-0.4, -0.2) is 50.2 Å². The van der Waals surface area contributed by atoms with Crippen molar-refractivity contribution in [3.05, 3.63) is 72.6 Å². The number of ether oxygens (including phenoxy) is 2. The predicted octanol–water partition coefficient (Wildman–Crippen LogP) is 3.72. The molecule has 4 aromatic rings. The van der Waals surface area contributed by atoms with Crippen LogP contribution < -0.4 is 20.1 Å². The minimum atomic E-state index is -2.12. The van der Waals surface area contributed by atoms with Gasteiger partial charge in [-0.15, -0.1) is 0 Å². The van der Waals surface area contributed by atoms with Crippen LogP contribution in [0.2, 0.25) is 0 Å². The summed E-state index contributed by atoms with van der Waals surface area (Å²) in [6.07, 6.45) is 0. The highest BCUT2D eigenvalue weighted by Crippen LogP contribution is 2.26. The maximum Gasteiger partial charge on any atom is 0.327 e. The number of aliphatic carboxylic acids is 2. The van der Waals surface area contributed by atoms with Gasteiger partial charge >= 0.3 is 24.0 Å². The molecule has 2 amide bonds. The first-order valence-corrected chi connectivity index (χ1v) is 10.4. The molecule has 0 saturated carbocycles. The van der Waals surface area contributed by atoms with Gasteiger partial charge in [0.05, 0.1) is 12.8 Å². The zero-order valence-electron chi connectivity index (χ0n) is 18.7. The van der Waals surface area contributed by atoms with Crippen LogP contribution in [0.25, 0.3) is 10.8 Å². The number of methoxy groups -OCH3 is 1. The molecular weight excluding hydrogens is 470 g/mol. The highest BCUT2D eigenvalue weighted by molar-refractivity contribution is 6.00. The number of hydrogen-bond donors (Lipinski definition) is 4. The molecule has 4 N–H and O–H groups in total. The van der Waals surface area contributed by atoms with Crippen LogP contribution in [0.5, 0.6) is 17.5 Å². The lowest BCUT2D eigenvalue weighted by atomic mass is 10.1. The first-order chi connectivity index (χ1) is 17.3. The van der Waals surface area contributed by atoms with E-state index in [1.54, 1.807) is 42.5 Å². The lowest BCUT2D eigenvalue weighted by Gasteiger charge is -2.13. The molecule has 0 aliphatic rings. The van der Waals surface area contributed by atoms with Crippen molar-refractivity contribution in [1.29, 1.82) is 0 Å². The lowest BCUT2D eigenvalue weighted by molar-refractivity contribution is -0.150. The van der Waals surface area contributed by atoms with Crippen molar-refractivity contribution >= 4 is 40.4 Å². The zero-order valence-corrected chi connectivity index (χ0v) is 18.7. The normalized spacial score (nSPS) is 10.6. The maximum atomic E-state index is 12.6. The van der Waals surface area contributed by atoms with Gasteiger partial charge < -0.3 is 25.0 Å². The van der Waals surface area contributed by atoms with Crippen molar-refractivity contribution in [1.82, 2.24) is 15.0 Å². The Balaban J connectivity index is 1.66. The molecule has 0 aliphatic carbocycles. The number of benzene rings is 3. The number of para-hydroxylation sites is 2. The van der Waals surface area contributed by atoms with Crippen molar-refractivity contribution in [3.63, 3.8) is 0 Å². The van der Waals surface area contributed by atoms with Gasteiger partial charge in [0.1, 0.15) is 11.5 Å². The van der Waals surface area contributed by atoms with E-state index in [0.29, 0.717) is 17.2 Å². The first-order valence-electron chi connectivity index (χ1n) is 10.4. The third-order valence-electron chi connectivity index (χ3n) is 4.89. The fourth-order valence-corrected chi connectivity index (χ4v) is 3.27. The number of carboxylic acids is 2. The monoisotopic (exact) mass is 489 g/mol. The van der Waals surface area contributed by atoms with Gasteiger partial charge in [0.25, 0.3) is 0 Å². The van der Waals surface area contributed by atoms with Crippen LogP contribution in [0.4, 0.5) is 16.4 Å². The van der Waals surface area contributed by atoms with Crippen LogP contribution in [-0.2, 0) is 9.59 Å². The second-order valence-corrected chi connectivity index (χ2v) is 7.30. The Bertz CT molecular complexity index is 1450. The molecular formula is C24H19N5O7. The molecule has 1 heterocycles. The molecule has 0 radical (unpaired) electrons. The van der Waals surface area contributed by atoms with E-state index in [1.165, 1.54) is 7.11 Å². The second-order valence-electron chi connectivity index (χ2n) is 7.30. The average Bonchev–Trinajstić information content (AvgIpc) is 2.83. The molecule has 4 rings (SSSR count). The van der Waals surface area contributed by atoms with Gasteiger partial charge in [-0.25, -0.2) is 4.79 Å². The number of carbonyl (C=O) groups excluding carboxylic acids is 1. The number of fused-ring (bicyclic) bond motifs is 1. The number of nitrogens with one attached hydrogen (secondary N) is 2. The first kappa shape index (κ1) is 23.9. The van der Waals surface area contributed by atoms with Crippen molar-refractivity contribution < 1.29 is 34.1 Å². The Labute approximate surface area is 203 Å². The molecule has 3 aromatic carbocycles. The average molecular weight is 489 g/mol. The van der Waals surface area contributed by atoms with Gasteiger partial charge in [-0.05, 0) is 35.0 Å².